The van der Waals surface area contributed by atoms with Gasteiger partial charge in [0.2, 0.25) is 5.91 Å². The molecule has 1 fully saturated rings. The fourth-order valence-electron chi connectivity index (χ4n) is 4.32. The molecule has 0 radical (unpaired) electrons. The highest BCUT2D eigenvalue weighted by molar-refractivity contribution is 14.1. The summed E-state index contributed by atoms with van der Waals surface area (Å²) in [7, 11) is 0. The molecule has 0 spiro atoms. The molecule has 7 nitrogen and oxygen atoms in total. The van der Waals surface area contributed by atoms with Crippen LogP contribution in [-0.2, 0) is 16.2 Å². The van der Waals surface area contributed by atoms with Crippen LogP contribution in [0.2, 0.25) is 10.0 Å². The number of thioether (sulfide) groups is 1. The summed E-state index contributed by atoms with van der Waals surface area (Å²) in [5.41, 5.74) is 2.02. The van der Waals surface area contributed by atoms with E-state index < -0.39 is 23.6 Å². The first kappa shape index (κ1) is 30.2. The largest absolute Gasteiger partial charge is 0.490 e. The van der Waals surface area contributed by atoms with Gasteiger partial charge in [-0.05, 0) is 88.6 Å². The van der Waals surface area contributed by atoms with Crippen molar-refractivity contribution in [1.82, 2.24) is 4.90 Å². The van der Waals surface area contributed by atoms with Gasteiger partial charge >= 0.3 is 0 Å². The highest BCUT2D eigenvalue weighted by atomic mass is 127. The normalized spacial score (nSPS) is 14.1. The van der Waals surface area contributed by atoms with Crippen molar-refractivity contribution in [1.29, 1.82) is 0 Å². The Labute approximate surface area is 270 Å². The number of amides is 3. The summed E-state index contributed by atoms with van der Waals surface area (Å²) in [4.78, 5) is 39.9. The molecule has 1 saturated heterocycles. The zero-order valence-electron chi connectivity index (χ0n) is 22.2. The van der Waals surface area contributed by atoms with Crippen molar-refractivity contribution in [3.63, 3.8) is 0 Å². The summed E-state index contributed by atoms with van der Waals surface area (Å²) in [6.45, 7) is 2.05. The highest BCUT2D eigenvalue weighted by Gasteiger charge is 2.36. The van der Waals surface area contributed by atoms with Crippen LogP contribution in [0, 0.1) is 3.57 Å². The summed E-state index contributed by atoms with van der Waals surface area (Å²) < 4.78 is 12.6. The average molecular weight is 733 g/mol. The van der Waals surface area contributed by atoms with Crippen LogP contribution in [0.5, 0.6) is 11.5 Å². The van der Waals surface area contributed by atoms with E-state index >= 15 is 0 Å². The van der Waals surface area contributed by atoms with E-state index in [1.54, 1.807) is 36.4 Å². The van der Waals surface area contributed by atoms with E-state index in [0.717, 1.165) is 36.6 Å². The molecule has 0 aliphatic carbocycles. The molecule has 0 bridgehead atoms. The molecule has 3 amide bonds. The molecule has 5 rings (SSSR count). The summed E-state index contributed by atoms with van der Waals surface area (Å²) >= 11 is 15.2. The van der Waals surface area contributed by atoms with Crippen molar-refractivity contribution in [2.45, 2.75) is 13.5 Å². The molecular weight excluding hydrogens is 710 g/mol. The van der Waals surface area contributed by atoms with Crippen molar-refractivity contribution in [2.75, 3.05) is 18.5 Å². The predicted octanol–water partition coefficient (Wildman–Crippen LogP) is 8.40. The number of nitrogens with zero attached hydrogens (tertiary/aromatic N) is 1. The summed E-state index contributed by atoms with van der Waals surface area (Å²) in [5.74, 6) is 0.00220. The maximum Gasteiger partial charge on any atom is 0.294 e. The van der Waals surface area contributed by atoms with E-state index in [2.05, 4.69) is 27.9 Å². The topological polar surface area (TPSA) is 84.9 Å². The number of carbonyl (C=O) groups excluding carboxylic acids is 3. The lowest BCUT2D eigenvalue weighted by molar-refractivity contribution is -0.127. The number of hydrogen-bond acceptors (Lipinski definition) is 6. The molecule has 0 aromatic heterocycles. The lowest BCUT2D eigenvalue weighted by Gasteiger charge is -2.15. The van der Waals surface area contributed by atoms with Crippen molar-refractivity contribution in [3.05, 3.63) is 102 Å². The summed E-state index contributed by atoms with van der Waals surface area (Å²) in [5, 5.41) is 5.17. The number of benzene rings is 4. The maximum absolute atomic E-state index is 13.2. The zero-order chi connectivity index (χ0) is 29.8. The Morgan fingerprint density at radius 1 is 1.02 bits per heavy atom. The van der Waals surface area contributed by atoms with E-state index in [-0.39, 0.29) is 11.5 Å². The van der Waals surface area contributed by atoms with E-state index in [1.807, 2.05) is 49.4 Å². The Balaban J connectivity index is 1.31. The van der Waals surface area contributed by atoms with Gasteiger partial charge in [-0.3, -0.25) is 19.3 Å². The number of rotatable bonds is 9. The van der Waals surface area contributed by atoms with Crippen LogP contribution in [-0.4, -0.2) is 35.1 Å². The van der Waals surface area contributed by atoms with Crippen LogP contribution >= 0.6 is 57.6 Å². The Morgan fingerprint density at radius 2 is 1.81 bits per heavy atom. The van der Waals surface area contributed by atoms with Gasteiger partial charge in [-0.1, -0.05) is 65.7 Å². The van der Waals surface area contributed by atoms with Gasteiger partial charge < -0.3 is 14.8 Å². The van der Waals surface area contributed by atoms with Gasteiger partial charge in [0, 0.05) is 26.7 Å². The minimum absolute atomic E-state index is 0.200. The smallest absolute Gasteiger partial charge is 0.294 e. The Kier molecular flexibility index (Phi) is 9.62. The second-order valence-corrected chi connectivity index (χ2v) is 12.1. The fraction of sp³-hybridized carbons (Fsp3) is 0.129. The summed E-state index contributed by atoms with van der Waals surface area (Å²) in [6.07, 6.45) is 1.61. The minimum Gasteiger partial charge on any atom is -0.490 e. The van der Waals surface area contributed by atoms with E-state index in [9.17, 15) is 14.4 Å². The van der Waals surface area contributed by atoms with Crippen LogP contribution < -0.4 is 14.8 Å². The third kappa shape index (κ3) is 6.86. The number of hydrogen-bond donors (Lipinski definition) is 1. The van der Waals surface area contributed by atoms with Gasteiger partial charge in [-0.2, -0.15) is 0 Å². The Morgan fingerprint density at radius 3 is 2.60 bits per heavy atom. The molecule has 11 heteroatoms. The van der Waals surface area contributed by atoms with Gasteiger partial charge in [0.15, 0.2) is 11.5 Å². The lowest BCUT2D eigenvalue weighted by atomic mass is 10.1. The SMILES string of the molecule is CCOc1cc(/C=C2/SC(=O)N(CC(=O)Nc3cccc4ccccc34)C2=O)cc(I)c1OCc1ccc(Cl)cc1Cl. The van der Waals surface area contributed by atoms with Gasteiger partial charge in [0.1, 0.15) is 13.2 Å². The quantitative estimate of drug-likeness (QED) is 0.138. The molecule has 0 atom stereocenters. The number of anilines is 1. The van der Waals surface area contributed by atoms with Crippen LogP contribution in [0.25, 0.3) is 16.8 Å². The number of imide groups is 1. The number of carbonyl (C=O) groups is 3. The van der Waals surface area contributed by atoms with E-state index in [0.29, 0.717) is 39.4 Å². The first-order valence-electron chi connectivity index (χ1n) is 12.8. The van der Waals surface area contributed by atoms with Crippen molar-refractivity contribution < 1.29 is 23.9 Å². The van der Waals surface area contributed by atoms with Gasteiger partial charge in [-0.25, -0.2) is 0 Å². The second-order valence-electron chi connectivity index (χ2n) is 9.13. The predicted molar refractivity (Wildman–Crippen MR) is 176 cm³/mol. The van der Waals surface area contributed by atoms with Crippen LogP contribution in [0.3, 0.4) is 0 Å². The highest BCUT2D eigenvalue weighted by Crippen LogP contribution is 2.38. The molecule has 0 unspecified atom stereocenters. The number of ether oxygens (including phenoxy) is 2. The maximum atomic E-state index is 13.2. The van der Waals surface area contributed by atoms with Crippen LogP contribution in [0.15, 0.2) is 77.7 Å². The lowest BCUT2D eigenvalue weighted by Crippen LogP contribution is -2.36. The minimum atomic E-state index is -0.538. The summed E-state index contributed by atoms with van der Waals surface area (Å²) in [6, 6.07) is 21.9. The molecule has 1 heterocycles. The van der Waals surface area contributed by atoms with Crippen molar-refractivity contribution in [2.24, 2.45) is 0 Å². The molecular formula is C31H23Cl2IN2O5S. The second kappa shape index (κ2) is 13.4. The first-order chi connectivity index (χ1) is 20.2. The molecule has 4 aromatic rings. The van der Waals surface area contributed by atoms with Gasteiger partial charge in [0.05, 0.1) is 15.1 Å². The molecule has 4 aromatic carbocycles. The molecule has 1 aliphatic rings. The van der Waals surface area contributed by atoms with Gasteiger partial charge in [0.25, 0.3) is 11.1 Å². The third-order valence-electron chi connectivity index (χ3n) is 6.26. The standard InChI is InChI=1S/C31H23Cl2IN2O5S/c1-2-40-26-13-18(12-24(34)29(26)41-17-20-10-11-21(32)15-23(20)33)14-27-30(38)36(31(39)42-27)16-28(37)35-25-9-5-7-19-6-3-4-8-22(19)25/h3-15H,2,16-17H2,1H3,(H,35,37)/b27-14+. The Hall–Kier alpha value is -3.25. The third-order valence-corrected chi connectivity index (χ3v) is 8.55. The average Bonchev–Trinajstić information content (AvgIpc) is 3.21. The van der Waals surface area contributed by atoms with Crippen LogP contribution in [0.4, 0.5) is 10.5 Å². The van der Waals surface area contributed by atoms with Crippen LogP contribution in [0.1, 0.15) is 18.1 Å². The number of nitrogens with one attached hydrogen (secondary N) is 1. The molecule has 42 heavy (non-hydrogen) atoms. The molecule has 0 saturated carbocycles. The number of fused-ring (bicyclic) bond motifs is 1. The Bertz CT molecular complexity index is 1740. The number of halogens is 3. The van der Waals surface area contributed by atoms with Crippen molar-refractivity contribution >= 4 is 97.1 Å². The molecule has 214 valence electrons. The zero-order valence-corrected chi connectivity index (χ0v) is 26.6. The van der Waals surface area contributed by atoms with Crippen molar-refractivity contribution in [3.8, 4) is 11.5 Å². The van der Waals surface area contributed by atoms with E-state index in [1.165, 1.54) is 0 Å². The van der Waals surface area contributed by atoms with Gasteiger partial charge in [-0.15, -0.1) is 0 Å². The van der Waals surface area contributed by atoms with E-state index in [4.69, 9.17) is 32.7 Å². The molecule has 1 aliphatic heterocycles. The first-order valence-corrected chi connectivity index (χ1v) is 15.4. The molecule has 1 N–H and O–H groups in total. The fourth-order valence-corrected chi connectivity index (χ4v) is 6.40. The monoisotopic (exact) mass is 732 g/mol.